The minimum absolute atomic E-state index is 0.0450. The zero-order valence-corrected chi connectivity index (χ0v) is 25.8. The summed E-state index contributed by atoms with van der Waals surface area (Å²) in [5.74, 6) is -0.810. The van der Waals surface area contributed by atoms with Crippen molar-refractivity contribution < 1.29 is 23.9 Å². The molecule has 1 N–H and O–H groups in total. The number of likely N-dealkylation sites (N-methyl/N-ethyl adjacent to an activating group) is 1. The lowest BCUT2D eigenvalue weighted by molar-refractivity contribution is -0.149. The Bertz CT molecular complexity index is 981. The largest absolute Gasteiger partial charge is 0.455 e. The summed E-state index contributed by atoms with van der Waals surface area (Å²) in [4.78, 5) is 59.9. The van der Waals surface area contributed by atoms with Gasteiger partial charge in [0.1, 0.15) is 16.7 Å². The summed E-state index contributed by atoms with van der Waals surface area (Å²) in [6, 6.07) is -1.15. The Morgan fingerprint density at radius 3 is 2.38 bits per heavy atom. The van der Waals surface area contributed by atoms with Crippen molar-refractivity contribution in [1.82, 2.24) is 20.1 Å². The van der Waals surface area contributed by atoms with E-state index >= 15 is 0 Å². The van der Waals surface area contributed by atoms with Crippen molar-refractivity contribution in [1.29, 1.82) is 0 Å². The first-order valence-corrected chi connectivity index (χ1v) is 15.2. The van der Waals surface area contributed by atoms with Crippen molar-refractivity contribution in [2.75, 3.05) is 20.1 Å². The van der Waals surface area contributed by atoms with E-state index in [1.54, 1.807) is 5.38 Å². The molecule has 0 unspecified atom stereocenters. The van der Waals surface area contributed by atoms with E-state index in [0.29, 0.717) is 23.7 Å². The van der Waals surface area contributed by atoms with Crippen molar-refractivity contribution in [2.24, 2.45) is 11.8 Å². The highest BCUT2D eigenvalue weighted by Crippen LogP contribution is 2.31. The van der Waals surface area contributed by atoms with Crippen LogP contribution in [0.4, 0.5) is 0 Å². The molecule has 0 aromatic carbocycles. The number of thiazole rings is 1. The summed E-state index contributed by atoms with van der Waals surface area (Å²) in [5, 5.41) is 5.34. The summed E-state index contributed by atoms with van der Waals surface area (Å²) >= 11 is 1.28. The lowest BCUT2D eigenvalue weighted by atomic mass is 9.92. The van der Waals surface area contributed by atoms with Crippen LogP contribution in [0.5, 0.6) is 0 Å². The molecule has 1 aliphatic heterocycles. The maximum absolute atomic E-state index is 14.2. The molecular weight excluding hydrogens is 516 g/mol. The van der Waals surface area contributed by atoms with Crippen LogP contribution in [0.1, 0.15) is 109 Å². The number of piperidine rings is 1. The SMILES string of the molecule is CCCN(C(=O)[C@@H](NC(=O)[C@H]1CCCCN1C)[C@@H](C)CC)[C@H](C[C@@H](OC(C)=O)c1nc(C(C)=O)cs1)C(C)C. The number of ketones is 1. The molecule has 1 fully saturated rings. The number of esters is 1. The highest BCUT2D eigenvalue weighted by Gasteiger charge is 2.38. The maximum atomic E-state index is 14.2. The van der Waals surface area contributed by atoms with E-state index < -0.39 is 18.1 Å². The number of aromatic nitrogens is 1. The molecular formula is C29H48N4O5S. The van der Waals surface area contributed by atoms with Crippen molar-refractivity contribution in [3.63, 3.8) is 0 Å². The van der Waals surface area contributed by atoms with Gasteiger partial charge in [0.05, 0.1) is 6.04 Å². The molecule has 0 radical (unpaired) electrons. The number of nitrogens with zero attached hydrogens (tertiary/aromatic N) is 3. The predicted molar refractivity (Wildman–Crippen MR) is 154 cm³/mol. The number of Topliss-reactive ketones (excluding diaryl/α,β-unsaturated/α-hetero) is 1. The van der Waals surface area contributed by atoms with Gasteiger partial charge in [0, 0.05) is 38.2 Å². The first kappa shape index (κ1) is 32.9. The summed E-state index contributed by atoms with van der Waals surface area (Å²) in [7, 11) is 1.97. The van der Waals surface area contributed by atoms with Gasteiger partial charge in [-0.3, -0.25) is 24.1 Å². The van der Waals surface area contributed by atoms with Crippen molar-refractivity contribution in [3.05, 3.63) is 16.1 Å². The van der Waals surface area contributed by atoms with Crippen LogP contribution in [0.25, 0.3) is 0 Å². The number of carbonyl (C=O) groups is 4. The minimum atomic E-state index is -0.687. The summed E-state index contributed by atoms with van der Waals surface area (Å²) in [6.07, 6.45) is 4.01. The number of rotatable bonds is 14. The quantitative estimate of drug-likeness (QED) is 0.259. The Balaban J connectivity index is 2.38. The molecule has 2 rings (SSSR count). The summed E-state index contributed by atoms with van der Waals surface area (Å²) in [5.41, 5.74) is 0.335. The number of likely N-dealkylation sites (tertiary alicyclic amines) is 1. The molecule has 0 spiro atoms. The normalized spacial score (nSPS) is 19.2. The first-order valence-electron chi connectivity index (χ1n) is 14.4. The molecule has 220 valence electrons. The van der Waals surface area contributed by atoms with E-state index in [2.05, 4.69) is 15.2 Å². The lowest BCUT2D eigenvalue weighted by Crippen LogP contribution is -2.58. The fourth-order valence-electron chi connectivity index (χ4n) is 5.17. The standard InChI is InChI=1S/C29H48N4O5S/c1-9-14-33(29(37)26(19(5)10-2)31-27(36)23-13-11-12-15-32(23)8)24(18(3)4)16-25(38-21(7)35)28-30-22(17-39-28)20(6)34/h17-19,23-26H,9-16H2,1-8H3,(H,31,36)/t19-,23+,24+,25+,26-/m0/s1. The van der Waals surface area contributed by atoms with Gasteiger partial charge in [-0.2, -0.15) is 0 Å². The minimum Gasteiger partial charge on any atom is -0.455 e. The van der Waals surface area contributed by atoms with Crippen LogP contribution in [0.3, 0.4) is 0 Å². The summed E-state index contributed by atoms with van der Waals surface area (Å²) < 4.78 is 5.69. The molecule has 0 bridgehead atoms. The highest BCUT2D eigenvalue weighted by atomic mass is 32.1. The van der Waals surface area contributed by atoms with E-state index in [-0.39, 0.29) is 41.5 Å². The molecule has 10 heteroatoms. The third-order valence-corrected chi connectivity index (χ3v) is 8.63. The molecule has 1 aromatic rings. The van der Waals surface area contributed by atoms with Crippen LogP contribution in [0.15, 0.2) is 5.38 Å². The fourth-order valence-corrected chi connectivity index (χ4v) is 6.07. The van der Waals surface area contributed by atoms with E-state index in [9.17, 15) is 19.2 Å². The second kappa shape index (κ2) is 15.5. The van der Waals surface area contributed by atoms with Gasteiger partial charge in [-0.25, -0.2) is 4.98 Å². The van der Waals surface area contributed by atoms with Crippen LogP contribution in [-0.4, -0.2) is 76.6 Å². The fraction of sp³-hybridized carbons (Fsp3) is 0.759. The monoisotopic (exact) mass is 564 g/mol. The number of hydrogen-bond acceptors (Lipinski definition) is 8. The molecule has 2 heterocycles. The van der Waals surface area contributed by atoms with E-state index in [4.69, 9.17) is 4.74 Å². The van der Waals surface area contributed by atoms with Crippen molar-refractivity contribution >= 4 is 34.9 Å². The molecule has 0 saturated carbocycles. The van der Waals surface area contributed by atoms with Crippen molar-refractivity contribution in [2.45, 2.75) is 111 Å². The first-order chi connectivity index (χ1) is 18.4. The molecule has 1 saturated heterocycles. The molecule has 5 atom stereocenters. The number of nitrogens with one attached hydrogen (secondary N) is 1. The molecule has 2 amide bonds. The molecule has 1 aromatic heterocycles. The Labute approximate surface area is 238 Å². The van der Waals surface area contributed by atoms with E-state index in [0.717, 1.165) is 38.6 Å². The van der Waals surface area contributed by atoms with Crippen LogP contribution in [-0.2, 0) is 19.1 Å². The topological polar surface area (TPSA) is 109 Å². The zero-order valence-electron chi connectivity index (χ0n) is 25.0. The van der Waals surface area contributed by atoms with Crippen LogP contribution >= 0.6 is 11.3 Å². The van der Waals surface area contributed by atoms with Crippen LogP contribution in [0.2, 0.25) is 0 Å². The molecule has 1 aliphatic rings. The summed E-state index contributed by atoms with van der Waals surface area (Å²) in [6.45, 7) is 14.3. The van der Waals surface area contributed by atoms with E-state index in [1.807, 2.05) is 46.6 Å². The smallest absolute Gasteiger partial charge is 0.303 e. The Morgan fingerprint density at radius 1 is 1.18 bits per heavy atom. The number of carbonyl (C=O) groups excluding carboxylic acids is 4. The second-order valence-corrected chi connectivity index (χ2v) is 12.1. The number of ether oxygens (including phenoxy) is 1. The average Bonchev–Trinajstić information content (AvgIpc) is 3.38. The van der Waals surface area contributed by atoms with Gasteiger partial charge in [-0.05, 0) is 44.7 Å². The van der Waals surface area contributed by atoms with Crippen molar-refractivity contribution in [3.8, 4) is 0 Å². The van der Waals surface area contributed by atoms with E-state index in [1.165, 1.54) is 25.2 Å². The second-order valence-electron chi connectivity index (χ2n) is 11.2. The van der Waals surface area contributed by atoms with Gasteiger partial charge in [-0.1, -0.05) is 47.5 Å². The predicted octanol–water partition coefficient (Wildman–Crippen LogP) is 4.62. The Morgan fingerprint density at radius 2 is 1.87 bits per heavy atom. The van der Waals surface area contributed by atoms with Gasteiger partial charge in [0.2, 0.25) is 11.8 Å². The lowest BCUT2D eigenvalue weighted by Gasteiger charge is -2.40. The Kier molecular flexibility index (Phi) is 13.0. The van der Waals surface area contributed by atoms with Gasteiger partial charge in [-0.15, -0.1) is 11.3 Å². The third kappa shape index (κ3) is 9.10. The average molecular weight is 565 g/mol. The van der Waals surface area contributed by atoms with Gasteiger partial charge >= 0.3 is 5.97 Å². The maximum Gasteiger partial charge on any atom is 0.303 e. The number of amides is 2. The van der Waals surface area contributed by atoms with Gasteiger partial charge < -0.3 is 15.0 Å². The molecule has 0 aliphatic carbocycles. The highest BCUT2D eigenvalue weighted by molar-refractivity contribution is 7.09. The number of hydrogen-bond donors (Lipinski definition) is 1. The van der Waals surface area contributed by atoms with Crippen LogP contribution in [0, 0.1) is 11.8 Å². The third-order valence-electron chi connectivity index (χ3n) is 7.69. The van der Waals surface area contributed by atoms with Gasteiger partial charge in [0.25, 0.3) is 0 Å². The van der Waals surface area contributed by atoms with Gasteiger partial charge in [0.15, 0.2) is 11.9 Å². The molecule has 9 nitrogen and oxygen atoms in total. The van der Waals surface area contributed by atoms with Crippen LogP contribution < -0.4 is 5.32 Å². The Hall–Kier alpha value is -2.33. The molecule has 39 heavy (non-hydrogen) atoms. The zero-order chi connectivity index (χ0) is 29.3.